The molecule has 0 atom stereocenters. The molecule has 0 amide bonds. The van der Waals surface area contributed by atoms with Gasteiger partial charge in [0.15, 0.2) is 9.84 Å². The highest BCUT2D eigenvalue weighted by molar-refractivity contribution is 7.97. The predicted octanol–water partition coefficient (Wildman–Crippen LogP) is 1.40. The van der Waals surface area contributed by atoms with Gasteiger partial charge in [0.2, 0.25) is 5.78 Å². The summed E-state index contributed by atoms with van der Waals surface area (Å²) >= 11 is 1.44. The molecule has 0 saturated heterocycles. The van der Waals surface area contributed by atoms with Gasteiger partial charge in [0.1, 0.15) is 5.56 Å². The van der Waals surface area contributed by atoms with Crippen molar-refractivity contribution in [3.8, 4) is 5.69 Å². The van der Waals surface area contributed by atoms with Crippen LogP contribution < -0.4 is 5.56 Å². The molecule has 8 nitrogen and oxygen atoms in total. The number of sulfone groups is 1. The summed E-state index contributed by atoms with van der Waals surface area (Å²) in [5, 5.41) is 6.84. The van der Waals surface area contributed by atoms with Gasteiger partial charge in [-0.1, -0.05) is 0 Å². The highest BCUT2D eigenvalue weighted by Crippen LogP contribution is 2.30. The van der Waals surface area contributed by atoms with Crippen molar-refractivity contribution < 1.29 is 13.2 Å². The van der Waals surface area contributed by atoms with Crippen molar-refractivity contribution in [3.05, 3.63) is 63.8 Å². The fraction of sp³-hybridized carbons (Fsp3) is 0.235. The Labute approximate surface area is 160 Å². The smallest absolute Gasteiger partial charge is 0.277 e. The lowest BCUT2D eigenvalue weighted by Crippen LogP contribution is -2.21. The van der Waals surface area contributed by atoms with Crippen molar-refractivity contribution in [1.82, 2.24) is 19.6 Å². The van der Waals surface area contributed by atoms with Gasteiger partial charge < -0.3 is 5.10 Å². The monoisotopic (exact) mass is 406 g/mol. The molecule has 0 bridgehead atoms. The minimum atomic E-state index is -3.56. The van der Waals surface area contributed by atoms with E-state index in [0.717, 1.165) is 6.26 Å². The number of rotatable bonds is 6. The first-order valence-corrected chi connectivity index (χ1v) is 11.2. The maximum atomic E-state index is 13.0. The normalized spacial score (nSPS) is 11.7. The molecule has 0 aliphatic rings. The van der Waals surface area contributed by atoms with Crippen LogP contribution >= 0.6 is 11.8 Å². The largest absolute Gasteiger partial charge is 0.302 e. The van der Waals surface area contributed by atoms with Crippen LogP contribution in [0.25, 0.3) is 5.69 Å². The summed E-state index contributed by atoms with van der Waals surface area (Å²) in [5.74, 6) is -0.0842. The molecule has 0 aliphatic heterocycles. The van der Waals surface area contributed by atoms with Crippen molar-refractivity contribution in [3.63, 3.8) is 0 Å². The number of aromatic nitrogens is 4. The van der Waals surface area contributed by atoms with Crippen molar-refractivity contribution in [2.75, 3.05) is 12.5 Å². The van der Waals surface area contributed by atoms with Gasteiger partial charge in [-0.05, 0) is 24.5 Å². The Morgan fingerprint density at radius 1 is 1.30 bits per heavy atom. The summed E-state index contributed by atoms with van der Waals surface area (Å²) in [4.78, 5) is 25.3. The second kappa shape index (κ2) is 7.20. The number of carbonyl (C=O) groups is 1. The lowest BCUT2D eigenvalue weighted by Gasteiger charge is -2.17. The van der Waals surface area contributed by atoms with Crippen molar-refractivity contribution in [1.29, 1.82) is 0 Å². The van der Waals surface area contributed by atoms with E-state index in [4.69, 9.17) is 0 Å². The third-order valence-electron chi connectivity index (χ3n) is 4.09. The predicted molar refractivity (Wildman–Crippen MR) is 103 cm³/mol. The Kier molecular flexibility index (Phi) is 5.11. The van der Waals surface area contributed by atoms with Crippen LogP contribution in [-0.4, -0.2) is 46.3 Å². The minimum absolute atomic E-state index is 0.00151. The number of nitrogens with one attached hydrogen (secondary N) is 1. The maximum absolute atomic E-state index is 13.0. The summed E-state index contributed by atoms with van der Waals surface area (Å²) < 4.78 is 27.3. The highest BCUT2D eigenvalue weighted by Gasteiger charge is 2.26. The van der Waals surface area contributed by atoms with Gasteiger partial charge >= 0.3 is 0 Å². The summed E-state index contributed by atoms with van der Waals surface area (Å²) in [6.07, 6.45) is 7.47. The number of thioether (sulfide) groups is 1. The van der Waals surface area contributed by atoms with Gasteiger partial charge in [0, 0.05) is 48.8 Å². The summed E-state index contributed by atoms with van der Waals surface area (Å²) in [6.45, 7) is 0. The Morgan fingerprint density at radius 3 is 2.56 bits per heavy atom. The number of aromatic amines is 1. The number of ketones is 1. The van der Waals surface area contributed by atoms with Crippen LogP contribution in [0.5, 0.6) is 0 Å². The number of hydrogen-bond donors (Lipinski definition) is 1. The first-order chi connectivity index (χ1) is 12.8. The van der Waals surface area contributed by atoms with E-state index >= 15 is 0 Å². The Balaban J connectivity index is 2.33. The molecule has 3 rings (SSSR count). The molecule has 3 aromatic rings. The van der Waals surface area contributed by atoms with Crippen molar-refractivity contribution >= 4 is 27.4 Å². The summed E-state index contributed by atoms with van der Waals surface area (Å²) in [5.41, 5.74) is 0.678. The third-order valence-corrected chi connectivity index (χ3v) is 5.80. The second-order valence-corrected chi connectivity index (χ2v) is 8.82. The molecule has 0 aliphatic carbocycles. The number of hydrogen-bond acceptors (Lipinski definition) is 6. The van der Waals surface area contributed by atoms with E-state index in [2.05, 4.69) is 10.2 Å². The molecule has 0 spiro atoms. The van der Waals surface area contributed by atoms with Crippen LogP contribution in [0, 0.1) is 0 Å². The van der Waals surface area contributed by atoms with Crippen LogP contribution in [0.2, 0.25) is 0 Å². The van der Waals surface area contributed by atoms with Crippen LogP contribution in [0.3, 0.4) is 0 Å². The molecule has 142 valence electrons. The molecule has 0 saturated carbocycles. The van der Waals surface area contributed by atoms with Gasteiger partial charge in [0.05, 0.1) is 10.6 Å². The molecule has 0 radical (unpaired) electrons. The second-order valence-electron chi connectivity index (χ2n) is 5.97. The Hall–Kier alpha value is -2.59. The van der Waals surface area contributed by atoms with Crippen LogP contribution in [0.4, 0.5) is 0 Å². The molecule has 0 unspecified atom stereocenters. The van der Waals surface area contributed by atoms with Crippen molar-refractivity contribution in [2.24, 2.45) is 7.05 Å². The summed E-state index contributed by atoms with van der Waals surface area (Å²) in [6, 6.07) is 4.52. The molecule has 1 N–H and O–H groups in total. The van der Waals surface area contributed by atoms with E-state index in [-0.39, 0.29) is 16.0 Å². The fourth-order valence-corrected chi connectivity index (χ4v) is 4.30. The number of nitrogens with zero attached hydrogens (tertiary/aromatic N) is 3. The lowest BCUT2D eigenvalue weighted by molar-refractivity contribution is 0.103. The Bertz CT molecular complexity index is 1160. The zero-order chi connectivity index (χ0) is 19.8. The molecule has 2 heterocycles. The molecule has 1 aromatic carbocycles. The first kappa shape index (κ1) is 19.2. The lowest BCUT2D eigenvalue weighted by atomic mass is 9.99. The average molecular weight is 406 g/mol. The first-order valence-electron chi connectivity index (χ1n) is 7.89. The SMILES string of the molecule is CSCc1c(C(=O)c2c[nH]n(C)c2=O)ccc(S(C)(=O)=O)c1-n1cccn1. The van der Waals surface area contributed by atoms with Gasteiger partial charge in [0.25, 0.3) is 5.56 Å². The standard InChI is InChI=1S/C17H18N4O4S2/c1-20-17(23)12(9-19-20)16(22)11-5-6-14(27(3,24)25)15(13(11)10-26-2)21-8-4-7-18-21/h4-9,19H,10H2,1-3H3. The zero-order valence-electron chi connectivity index (χ0n) is 15.0. The minimum Gasteiger partial charge on any atom is -0.302 e. The molecular weight excluding hydrogens is 388 g/mol. The zero-order valence-corrected chi connectivity index (χ0v) is 16.6. The van der Waals surface area contributed by atoms with E-state index in [0.29, 0.717) is 17.0 Å². The van der Waals surface area contributed by atoms with E-state index in [1.54, 1.807) is 12.3 Å². The van der Waals surface area contributed by atoms with E-state index in [9.17, 15) is 18.0 Å². The van der Waals surface area contributed by atoms with Gasteiger partial charge in [-0.15, -0.1) is 0 Å². The fourth-order valence-electron chi connectivity index (χ4n) is 2.84. The van der Waals surface area contributed by atoms with Gasteiger partial charge in [-0.25, -0.2) is 13.1 Å². The van der Waals surface area contributed by atoms with Crippen LogP contribution in [0.15, 0.2) is 46.5 Å². The number of H-pyrrole nitrogens is 1. The maximum Gasteiger partial charge on any atom is 0.277 e. The van der Waals surface area contributed by atoms with Crippen molar-refractivity contribution in [2.45, 2.75) is 10.6 Å². The topological polar surface area (TPSA) is 107 Å². The third kappa shape index (κ3) is 3.50. The van der Waals surface area contributed by atoms with E-state index in [1.807, 2.05) is 6.26 Å². The van der Waals surface area contributed by atoms with Crippen LogP contribution in [-0.2, 0) is 22.6 Å². The van der Waals surface area contributed by atoms with Crippen LogP contribution in [0.1, 0.15) is 21.5 Å². The molecule has 27 heavy (non-hydrogen) atoms. The molecular formula is C17H18N4O4S2. The number of benzene rings is 1. The number of carbonyl (C=O) groups excluding carboxylic acids is 1. The average Bonchev–Trinajstić information content (AvgIpc) is 3.24. The van der Waals surface area contributed by atoms with Gasteiger partial charge in [-0.3, -0.25) is 14.3 Å². The van der Waals surface area contributed by atoms with Gasteiger partial charge in [-0.2, -0.15) is 16.9 Å². The molecule has 2 aromatic heterocycles. The Morgan fingerprint density at radius 2 is 2.04 bits per heavy atom. The number of aryl methyl sites for hydroxylation is 1. The highest BCUT2D eigenvalue weighted by atomic mass is 32.2. The quantitative estimate of drug-likeness (QED) is 0.620. The van der Waals surface area contributed by atoms with E-state index < -0.39 is 21.2 Å². The van der Waals surface area contributed by atoms with E-state index in [1.165, 1.54) is 52.7 Å². The summed E-state index contributed by atoms with van der Waals surface area (Å²) in [7, 11) is -2.05. The molecule has 10 heteroatoms. The molecule has 0 fully saturated rings.